The molecule has 0 bridgehead atoms. The normalized spacial score (nSPS) is 12.7. The molecule has 0 radical (unpaired) electrons. The van der Waals surface area contributed by atoms with E-state index in [1.165, 1.54) is 64.7 Å². The van der Waals surface area contributed by atoms with Crippen LogP contribution in [0.5, 0.6) is 0 Å². The van der Waals surface area contributed by atoms with Crippen molar-refractivity contribution < 1.29 is 14.6 Å². The van der Waals surface area contributed by atoms with Crippen molar-refractivity contribution in [1.29, 1.82) is 0 Å². The molecule has 0 spiro atoms. The summed E-state index contributed by atoms with van der Waals surface area (Å²) in [6.45, 7) is 3.55. The molecule has 0 aromatic heterocycles. The van der Waals surface area contributed by atoms with Crippen molar-refractivity contribution in [1.82, 2.24) is 0 Å². The van der Waals surface area contributed by atoms with Crippen LogP contribution in [-0.2, 0) is 9.53 Å². The van der Waals surface area contributed by atoms with Crippen LogP contribution in [0.1, 0.15) is 90.9 Å². The van der Waals surface area contributed by atoms with Gasteiger partial charge in [0.25, 0.3) is 0 Å². The van der Waals surface area contributed by atoms with E-state index in [1.807, 2.05) is 0 Å². The quantitative estimate of drug-likeness (QED) is 0.209. The first kappa shape index (κ1) is 20.2. The molecular weight excluding hydrogens is 264 g/mol. The lowest BCUT2D eigenvalue weighted by Gasteiger charge is -2.09. The van der Waals surface area contributed by atoms with Gasteiger partial charge in [-0.15, -0.1) is 0 Å². The molecule has 0 aliphatic rings. The molecule has 1 unspecified atom stereocenters. The summed E-state index contributed by atoms with van der Waals surface area (Å²) < 4.78 is 4.67. The molecule has 0 saturated carbocycles. The topological polar surface area (TPSA) is 46.5 Å². The van der Waals surface area contributed by atoms with E-state index in [4.69, 9.17) is 0 Å². The standard InChI is InChI=1S/C18H34O3/c1-3-4-5-6-7-8-9-10-11-12-13-14-15-16-18(20)21-17(2)19/h6-7,18,20H,3-5,8-16H2,1-2H3. The van der Waals surface area contributed by atoms with Gasteiger partial charge in [-0.05, 0) is 25.7 Å². The molecule has 0 aromatic carbocycles. The fourth-order valence-corrected chi connectivity index (χ4v) is 2.27. The Balaban J connectivity index is 3.15. The van der Waals surface area contributed by atoms with E-state index in [0.717, 1.165) is 12.8 Å². The van der Waals surface area contributed by atoms with Gasteiger partial charge < -0.3 is 9.84 Å². The Morgan fingerprint density at radius 2 is 1.48 bits per heavy atom. The largest absolute Gasteiger partial charge is 0.436 e. The minimum absolute atomic E-state index is 0.411. The van der Waals surface area contributed by atoms with E-state index < -0.39 is 12.3 Å². The molecule has 0 fully saturated rings. The Morgan fingerprint density at radius 3 is 2.05 bits per heavy atom. The lowest BCUT2D eigenvalue weighted by atomic mass is 10.1. The number of hydrogen-bond donors (Lipinski definition) is 1. The van der Waals surface area contributed by atoms with Crippen molar-refractivity contribution in [3.8, 4) is 0 Å². The predicted molar refractivity (Wildman–Crippen MR) is 88.0 cm³/mol. The molecule has 0 amide bonds. The van der Waals surface area contributed by atoms with Crippen molar-refractivity contribution in [3.63, 3.8) is 0 Å². The minimum Gasteiger partial charge on any atom is -0.436 e. The van der Waals surface area contributed by atoms with Gasteiger partial charge in [-0.1, -0.05) is 64.0 Å². The number of unbranched alkanes of at least 4 members (excludes halogenated alkanes) is 9. The van der Waals surface area contributed by atoms with Crippen LogP contribution in [0.2, 0.25) is 0 Å². The highest BCUT2D eigenvalue weighted by Crippen LogP contribution is 2.11. The zero-order chi connectivity index (χ0) is 15.8. The fourth-order valence-electron chi connectivity index (χ4n) is 2.27. The SMILES string of the molecule is CCCCC=CCCCCCCCCCC(O)OC(C)=O. The van der Waals surface area contributed by atoms with Crippen LogP contribution < -0.4 is 0 Å². The van der Waals surface area contributed by atoms with Crippen LogP contribution in [0.25, 0.3) is 0 Å². The predicted octanol–water partition coefficient (Wildman–Crippen LogP) is 5.13. The monoisotopic (exact) mass is 298 g/mol. The van der Waals surface area contributed by atoms with Crippen LogP contribution in [0.4, 0.5) is 0 Å². The number of aliphatic hydroxyl groups excluding tert-OH is 1. The van der Waals surface area contributed by atoms with Gasteiger partial charge in [-0.25, -0.2) is 0 Å². The first-order chi connectivity index (χ1) is 10.2. The van der Waals surface area contributed by atoms with Gasteiger partial charge in [-0.2, -0.15) is 0 Å². The molecule has 124 valence electrons. The zero-order valence-electron chi connectivity index (χ0n) is 14.0. The van der Waals surface area contributed by atoms with E-state index >= 15 is 0 Å². The minimum atomic E-state index is -0.915. The second-order valence-corrected chi connectivity index (χ2v) is 5.73. The number of esters is 1. The van der Waals surface area contributed by atoms with Gasteiger partial charge in [0.15, 0.2) is 0 Å². The van der Waals surface area contributed by atoms with Gasteiger partial charge >= 0.3 is 5.97 Å². The molecular formula is C18H34O3. The zero-order valence-corrected chi connectivity index (χ0v) is 14.0. The van der Waals surface area contributed by atoms with Gasteiger partial charge in [0, 0.05) is 13.3 Å². The van der Waals surface area contributed by atoms with Crippen LogP contribution in [0, 0.1) is 0 Å². The number of aliphatic hydroxyl groups is 1. The molecule has 0 aliphatic heterocycles. The van der Waals surface area contributed by atoms with Gasteiger partial charge in [-0.3, -0.25) is 4.79 Å². The molecule has 0 rings (SSSR count). The first-order valence-corrected chi connectivity index (χ1v) is 8.67. The van der Waals surface area contributed by atoms with E-state index in [0.29, 0.717) is 6.42 Å². The summed E-state index contributed by atoms with van der Waals surface area (Å²) in [5.41, 5.74) is 0. The highest BCUT2D eigenvalue weighted by atomic mass is 16.6. The van der Waals surface area contributed by atoms with Gasteiger partial charge in [0.1, 0.15) is 0 Å². The summed E-state index contributed by atoms with van der Waals surface area (Å²) in [5, 5.41) is 9.35. The summed E-state index contributed by atoms with van der Waals surface area (Å²) in [4.78, 5) is 10.6. The molecule has 21 heavy (non-hydrogen) atoms. The van der Waals surface area contributed by atoms with Crippen LogP contribution in [0.15, 0.2) is 12.2 Å². The van der Waals surface area contributed by atoms with Crippen molar-refractivity contribution in [2.45, 2.75) is 97.2 Å². The van der Waals surface area contributed by atoms with E-state index in [2.05, 4.69) is 23.8 Å². The first-order valence-electron chi connectivity index (χ1n) is 8.67. The molecule has 1 atom stereocenters. The van der Waals surface area contributed by atoms with Crippen LogP contribution in [-0.4, -0.2) is 17.4 Å². The Bertz CT molecular complexity index is 261. The average Bonchev–Trinajstić information content (AvgIpc) is 2.43. The number of rotatable bonds is 14. The van der Waals surface area contributed by atoms with E-state index in [9.17, 15) is 9.90 Å². The smallest absolute Gasteiger partial charge is 0.304 e. The number of ether oxygens (including phenoxy) is 1. The average molecular weight is 298 g/mol. The summed E-state index contributed by atoms with van der Waals surface area (Å²) in [6.07, 6.45) is 17.7. The summed E-state index contributed by atoms with van der Waals surface area (Å²) in [7, 11) is 0. The number of carbonyl (C=O) groups excluding carboxylic acids is 1. The maximum absolute atomic E-state index is 10.6. The second kappa shape index (κ2) is 15.6. The molecule has 0 heterocycles. The van der Waals surface area contributed by atoms with Gasteiger partial charge in [0.05, 0.1) is 0 Å². The molecule has 3 nitrogen and oxygen atoms in total. The molecule has 1 N–H and O–H groups in total. The lowest BCUT2D eigenvalue weighted by Crippen LogP contribution is -2.14. The van der Waals surface area contributed by atoms with E-state index in [1.54, 1.807) is 0 Å². The Morgan fingerprint density at radius 1 is 0.952 bits per heavy atom. The molecule has 0 aliphatic carbocycles. The Labute approximate surface area is 130 Å². The fraction of sp³-hybridized carbons (Fsp3) is 0.833. The third-order valence-electron chi connectivity index (χ3n) is 3.51. The Hall–Kier alpha value is -0.830. The number of carbonyl (C=O) groups is 1. The third-order valence-corrected chi connectivity index (χ3v) is 3.51. The molecule has 0 saturated heterocycles. The Kier molecular flexibility index (Phi) is 14.9. The second-order valence-electron chi connectivity index (χ2n) is 5.73. The summed E-state index contributed by atoms with van der Waals surface area (Å²) >= 11 is 0. The number of allylic oxidation sites excluding steroid dienone is 2. The maximum Gasteiger partial charge on any atom is 0.304 e. The summed E-state index contributed by atoms with van der Waals surface area (Å²) in [6, 6.07) is 0. The van der Waals surface area contributed by atoms with Crippen molar-refractivity contribution in [3.05, 3.63) is 12.2 Å². The highest BCUT2D eigenvalue weighted by Gasteiger charge is 2.05. The summed E-state index contributed by atoms with van der Waals surface area (Å²) in [5.74, 6) is -0.411. The van der Waals surface area contributed by atoms with Crippen molar-refractivity contribution >= 4 is 5.97 Å². The van der Waals surface area contributed by atoms with E-state index in [-0.39, 0.29) is 0 Å². The van der Waals surface area contributed by atoms with Crippen molar-refractivity contribution in [2.75, 3.05) is 0 Å². The highest BCUT2D eigenvalue weighted by molar-refractivity contribution is 5.65. The van der Waals surface area contributed by atoms with Crippen molar-refractivity contribution in [2.24, 2.45) is 0 Å². The lowest BCUT2D eigenvalue weighted by molar-refractivity contribution is -0.165. The molecule has 3 heteroatoms. The third kappa shape index (κ3) is 17.1. The van der Waals surface area contributed by atoms with Crippen LogP contribution in [0.3, 0.4) is 0 Å². The van der Waals surface area contributed by atoms with Crippen LogP contribution >= 0.6 is 0 Å². The molecule has 0 aromatic rings. The van der Waals surface area contributed by atoms with Gasteiger partial charge in [0.2, 0.25) is 6.29 Å². The number of hydrogen-bond acceptors (Lipinski definition) is 3. The maximum atomic E-state index is 10.6.